The van der Waals surface area contributed by atoms with E-state index < -0.39 is 10.8 Å². The largest absolute Gasteiger partial charge is 0.468 e. The highest BCUT2D eigenvalue weighted by molar-refractivity contribution is 5.39. The van der Waals surface area contributed by atoms with Gasteiger partial charge in [0.15, 0.2) is 0 Å². The van der Waals surface area contributed by atoms with Crippen molar-refractivity contribution in [3.05, 3.63) is 64.1 Å². The van der Waals surface area contributed by atoms with Crippen LogP contribution in [0.5, 0.6) is 0 Å². The molecule has 5 nitrogen and oxygen atoms in total. The van der Waals surface area contributed by atoms with Crippen molar-refractivity contribution in [2.45, 2.75) is 5.92 Å². The number of rotatable bonds is 3. The Bertz CT molecular complexity index is 552. The van der Waals surface area contributed by atoms with Gasteiger partial charge in [-0.3, -0.25) is 10.1 Å². The van der Waals surface area contributed by atoms with E-state index in [0.717, 1.165) is 0 Å². The maximum Gasteiger partial charge on any atom is 0.269 e. The zero-order chi connectivity index (χ0) is 12.3. The molecule has 0 radical (unpaired) electrons. The summed E-state index contributed by atoms with van der Waals surface area (Å²) in [6.07, 6.45) is 1.49. The molecule has 0 bridgehead atoms. The first-order valence-electron chi connectivity index (χ1n) is 4.89. The summed E-state index contributed by atoms with van der Waals surface area (Å²) in [6, 6.07) is 11.4. The highest BCUT2D eigenvalue weighted by Crippen LogP contribution is 2.25. The maximum atomic E-state index is 10.5. The number of nitro benzene ring substituents is 1. The third-order valence-corrected chi connectivity index (χ3v) is 2.39. The van der Waals surface area contributed by atoms with E-state index in [1.165, 1.54) is 18.4 Å². The number of nitriles is 1. The molecule has 0 aliphatic heterocycles. The number of nitro groups is 1. The summed E-state index contributed by atoms with van der Waals surface area (Å²) >= 11 is 0. The number of furan rings is 1. The van der Waals surface area contributed by atoms with Gasteiger partial charge in [0.25, 0.3) is 5.69 Å². The molecule has 5 heteroatoms. The Morgan fingerprint density at radius 3 is 2.47 bits per heavy atom. The van der Waals surface area contributed by atoms with Crippen LogP contribution in [-0.4, -0.2) is 4.92 Å². The van der Waals surface area contributed by atoms with Gasteiger partial charge in [-0.2, -0.15) is 5.26 Å². The van der Waals surface area contributed by atoms with Gasteiger partial charge in [-0.1, -0.05) is 12.1 Å². The minimum atomic E-state index is -0.536. The van der Waals surface area contributed by atoms with E-state index >= 15 is 0 Å². The van der Waals surface area contributed by atoms with Crippen molar-refractivity contribution >= 4 is 5.69 Å². The number of hydrogen-bond acceptors (Lipinski definition) is 4. The van der Waals surface area contributed by atoms with Crippen LogP contribution < -0.4 is 0 Å². The number of non-ortho nitro benzene ring substituents is 1. The molecule has 0 saturated carbocycles. The van der Waals surface area contributed by atoms with Crippen molar-refractivity contribution in [2.75, 3.05) is 0 Å². The van der Waals surface area contributed by atoms with E-state index in [0.29, 0.717) is 11.3 Å². The van der Waals surface area contributed by atoms with Crippen molar-refractivity contribution in [1.29, 1.82) is 5.26 Å². The average molecular weight is 228 g/mol. The highest BCUT2D eigenvalue weighted by Gasteiger charge is 2.17. The van der Waals surface area contributed by atoms with Crippen molar-refractivity contribution in [2.24, 2.45) is 0 Å². The standard InChI is InChI=1S/C12H8N2O3/c13-8-11(12-2-1-7-17-12)9-3-5-10(6-4-9)14(15)16/h1-7,11H. The summed E-state index contributed by atoms with van der Waals surface area (Å²) in [6.45, 7) is 0. The van der Waals surface area contributed by atoms with Crippen LogP contribution in [0, 0.1) is 21.4 Å². The van der Waals surface area contributed by atoms with Gasteiger partial charge in [0.05, 0.1) is 17.3 Å². The van der Waals surface area contributed by atoms with Gasteiger partial charge in [-0.15, -0.1) is 0 Å². The summed E-state index contributed by atoms with van der Waals surface area (Å²) in [7, 11) is 0. The van der Waals surface area contributed by atoms with Crippen LogP contribution in [0.25, 0.3) is 0 Å². The molecular formula is C12H8N2O3. The van der Waals surface area contributed by atoms with E-state index in [4.69, 9.17) is 9.68 Å². The van der Waals surface area contributed by atoms with Gasteiger partial charge >= 0.3 is 0 Å². The van der Waals surface area contributed by atoms with Crippen molar-refractivity contribution < 1.29 is 9.34 Å². The maximum absolute atomic E-state index is 10.5. The van der Waals surface area contributed by atoms with Crippen molar-refractivity contribution in [3.8, 4) is 6.07 Å². The molecule has 2 aromatic rings. The molecule has 0 spiro atoms. The van der Waals surface area contributed by atoms with Gasteiger partial charge < -0.3 is 4.42 Å². The molecule has 84 valence electrons. The Kier molecular flexibility index (Phi) is 2.88. The molecular weight excluding hydrogens is 220 g/mol. The predicted molar refractivity (Wildman–Crippen MR) is 59.3 cm³/mol. The summed E-state index contributed by atoms with van der Waals surface area (Å²) in [4.78, 5) is 10.0. The van der Waals surface area contributed by atoms with E-state index in [2.05, 4.69) is 6.07 Å². The highest BCUT2D eigenvalue weighted by atomic mass is 16.6. The van der Waals surface area contributed by atoms with E-state index in [1.807, 2.05) is 0 Å². The van der Waals surface area contributed by atoms with Gasteiger partial charge in [0, 0.05) is 12.1 Å². The Balaban J connectivity index is 2.33. The molecule has 0 saturated heterocycles. The van der Waals surface area contributed by atoms with Gasteiger partial charge in [0.1, 0.15) is 11.7 Å². The Morgan fingerprint density at radius 2 is 2.00 bits per heavy atom. The molecule has 0 fully saturated rings. The fraction of sp³-hybridized carbons (Fsp3) is 0.0833. The quantitative estimate of drug-likeness (QED) is 0.597. The van der Waals surface area contributed by atoms with Gasteiger partial charge in [0.2, 0.25) is 0 Å². The second-order valence-electron chi connectivity index (χ2n) is 3.43. The lowest BCUT2D eigenvalue weighted by molar-refractivity contribution is -0.384. The average Bonchev–Trinajstić information content (AvgIpc) is 2.84. The Morgan fingerprint density at radius 1 is 1.29 bits per heavy atom. The molecule has 2 rings (SSSR count). The summed E-state index contributed by atoms with van der Waals surface area (Å²) in [5, 5.41) is 19.6. The molecule has 1 unspecified atom stereocenters. The van der Waals surface area contributed by atoms with Gasteiger partial charge in [-0.05, 0) is 17.7 Å². The lowest BCUT2D eigenvalue weighted by Crippen LogP contribution is -1.97. The van der Waals surface area contributed by atoms with Crippen LogP contribution in [0.4, 0.5) is 5.69 Å². The lowest BCUT2D eigenvalue weighted by atomic mass is 9.98. The molecule has 1 aromatic heterocycles. The van der Waals surface area contributed by atoms with Crippen molar-refractivity contribution in [1.82, 2.24) is 0 Å². The lowest BCUT2D eigenvalue weighted by Gasteiger charge is -2.05. The van der Waals surface area contributed by atoms with E-state index in [1.54, 1.807) is 24.3 Å². The second-order valence-corrected chi connectivity index (χ2v) is 3.43. The summed E-state index contributed by atoms with van der Waals surface area (Å²) in [5.41, 5.74) is 0.679. The molecule has 0 aliphatic carbocycles. The first kappa shape index (κ1) is 10.9. The molecule has 1 aromatic carbocycles. The third kappa shape index (κ3) is 2.16. The SMILES string of the molecule is N#CC(c1ccc([N+](=O)[O-])cc1)c1ccco1. The normalized spacial score (nSPS) is 11.7. The summed E-state index contributed by atoms with van der Waals surface area (Å²) < 4.78 is 5.16. The first-order valence-corrected chi connectivity index (χ1v) is 4.89. The summed E-state index contributed by atoms with van der Waals surface area (Å²) in [5.74, 6) is -0.00726. The van der Waals surface area contributed by atoms with Crippen LogP contribution in [0.2, 0.25) is 0 Å². The fourth-order valence-corrected chi connectivity index (χ4v) is 1.55. The van der Waals surface area contributed by atoms with Crippen LogP contribution in [0.15, 0.2) is 47.1 Å². The zero-order valence-electron chi connectivity index (χ0n) is 8.74. The zero-order valence-corrected chi connectivity index (χ0v) is 8.74. The smallest absolute Gasteiger partial charge is 0.269 e. The minimum Gasteiger partial charge on any atom is -0.468 e. The van der Waals surface area contributed by atoms with Gasteiger partial charge in [-0.25, -0.2) is 0 Å². The molecule has 0 N–H and O–H groups in total. The minimum absolute atomic E-state index is 0.00452. The van der Waals surface area contributed by atoms with Crippen LogP contribution in [-0.2, 0) is 0 Å². The number of benzene rings is 1. The van der Waals surface area contributed by atoms with E-state index in [9.17, 15) is 10.1 Å². The predicted octanol–water partition coefficient (Wildman–Crippen LogP) is 2.84. The van der Waals surface area contributed by atoms with Crippen LogP contribution >= 0.6 is 0 Å². The van der Waals surface area contributed by atoms with E-state index in [-0.39, 0.29) is 5.69 Å². The third-order valence-electron chi connectivity index (χ3n) is 2.39. The van der Waals surface area contributed by atoms with Crippen LogP contribution in [0.3, 0.4) is 0 Å². The molecule has 0 amide bonds. The van der Waals surface area contributed by atoms with Crippen LogP contribution in [0.1, 0.15) is 17.2 Å². The Labute approximate surface area is 97.1 Å². The monoisotopic (exact) mass is 228 g/mol. The topological polar surface area (TPSA) is 80.1 Å². The number of nitrogens with zero attached hydrogens (tertiary/aromatic N) is 2. The molecule has 17 heavy (non-hydrogen) atoms. The second kappa shape index (κ2) is 4.49. The first-order chi connectivity index (χ1) is 8.22. The Hall–Kier alpha value is -2.61. The molecule has 1 heterocycles. The molecule has 0 aliphatic rings. The molecule has 1 atom stereocenters. The van der Waals surface area contributed by atoms with Crippen molar-refractivity contribution in [3.63, 3.8) is 0 Å². The fourth-order valence-electron chi connectivity index (χ4n) is 1.55. The number of hydrogen-bond donors (Lipinski definition) is 0.